The molecule has 1 aromatic heterocycles. The highest BCUT2D eigenvalue weighted by molar-refractivity contribution is 5.88. The molecule has 2 N–H and O–H groups in total. The van der Waals surface area contributed by atoms with E-state index in [-0.39, 0.29) is 6.61 Å². The monoisotopic (exact) mass is 439 g/mol. The van der Waals surface area contributed by atoms with Gasteiger partial charge in [0, 0.05) is 49.6 Å². The van der Waals surface area contributed by atoms with E-state index in [2.05, 4.69) is 26.4 Å². The SMILES string of the molecule is C=C/C=C(/C)N=C(CO)CCn1c(NCCCN2CCOCC2)nc2ccc(C=O)cc21. The Bertz CT molecular complexity index is 973. The third-order valence-corrected chi connectivity index (χ3v) is 5.45. The van der Waals surface area contributed by atoms with Crippen LogP contribution in [0.15, 0.2) is 47.6 Å². The van der Waals surface area contributed by atoms with Crippen LogP contribution in [-0.2, 0) is 11.3 Å². The van der Waals surface area contributed by atoms with Gasteiger partial charge in [0.05, 0.1) is 30.9 Å². The number of rotatable bonds is 12. The summed E-state index contributed by atoms with van der Waals surface area (Å²) in [7, 11) is 0. The summed E-state index contributed by atoms with van der Waals surface area (Å²) in [6, 6.07) is 5.50. The number of ether oxygens (including phenoxy) is 1. The molecular weight excluding hydrogens is 406 g/mol. The van der Waals surface area contributed by atoms with E-state index >= 15 is 0 Å². The molecule has 8 nitrogen and oxygen atoms in total. The number of allylic oxidation sites excluding steroid dienone is 3. The number of aldehydes is 1. The fraction of sp³-hybridized carbons (Fsp3) is 0.458. The Morgan fingerprint density at radius 3 is 2.88 bits per heavy atom. The maximum Gasteiger partial charge on any atom is 0.203 e. The Balaban J connectivity index is 1.73. The van der Waals surface area contributed by atoms with E-state index in [1.54, 1.807) is 18.2 Å². The molecule has 32 heavy (non-hydrogen) atoms. The average molecular weight is 440 g/mol. The lowest BCUT2D eigenvalue weighted by Crippen LogP contribution is -2.37. The van der Waals surface area contributed by atoms with Gasteiger partial charge in [0.2, 0.25) is 5.95 Å². The first kappa shape index (κ1) is 23.8. The number of nitrogens with one attached hydrogen (secondary N) is 1. The van der Waals surface area contributed by atoms with Crippen LogP contribution >= 0.6 is 0 Å². The number of aliphatic imine (C=N–C) groups is 1. The Kier molecular flexibility index (Phi) is 9.15. The molecule has 3 rings (SSSR count). The van der Waals surface area contributed by atoms with Crippen molar-refractivity contribution < 1.29 is 14.6 Å². The molecule has 0 bridgehead atoms. The van der Waals surface area contributed by atoms with Gasteiger partial charge in [0.1, 0.15) is 6.29 Å². The summed E-state index contributed by atoms with van der Waals surface area (Å²) in [6.45, 7) is 11.4. The van der Waals surface area contributed by atoms with E-state index in [9.17, 15) is 9.90 Å². The van der Waals surface area contributed by atoms with Crippen LogP contribution in [0.5, 0.6) is 0 Å². The van der Waals surface area contributed by atoms with E-state index in [4.69, 9.17) is 9.72 Å². The van der Waals surface area contributed by atoms with Gasteiger partial charge in [0.25, 0.3) is 0 Å². The summed E-state index contributed by atoms with van der Waals surface area (Å²) >= 11 is 0. The van der Waals surface area contributed by atoms with Crippen molar-refractivity contribution in [3.05, 3.63) is 48.2 Å². The molecule has 1 aliphatic rings. The van der Waals surface area contributed by atoms with Gasteiger partial charge in [-0.15, -0.1) is 0 Å². The highest BCUT2D eigenvalue weighted by atomic mass is 16.5. The minimum absolute atomic E-state index is 0.114. The number of aliphatic hydroxyl groups excluding tert-OH is 1. The van der Waals surface area contributed by atoms with Gasteiger partial charge >= 0.3 is 0 Å². The topological polar surface area (TPSA) is 92.0 Å². The van der Waals surface area contributed by atoms with Crippen molar-refractivity contribution in [3.8, 4) is 0 Å². The Morgan fingerprint density at radius 2 is 2.16 bits per heavy atom. The molecule has 2 aromatic rings. The predicted molar refractivity (Wildman–Crippen MR) is 129 cm³/mol. The van der Waals surface area contributed by atoms with Crippen LogP contribution < -0.4 is 5.32 Å². The number of carbonyl (C=O) groups is 1. The Hall–Kier alpha value is -2.81. The number of aliphatic hydroxyl groups is 1. The van der Waals surface area contributed by atoms with Gasteiger partial charge in [0.15, 0.2) is 0 Å². The number of nitrogens with zero attached hydrogens (tertiary/aromatic N) is 4. The first-order valence-corrected chi connectivity index (χ1v) is 11.1. The number of hydrogen-bond acceptors (Lipinski definition) is 7. The van der Waals surface area contributed by atoms with Crippen molar-refractivity contribution in [2.75, 3.05) is 51.3 Å². The number of aromatic nitrogens is 2. The molecule has 1 aromatic carbocycles. The smallest absolute Gasteiger partial charge is 0.203 e. The van der Waals surface area contributed by atoms with Crippen molar-refractivity contribution in [1.29, 1.82) is 0 Å². The lowest BCUT2D eigenvalue weighted by atomic mass is 10.2. The van der Waals surface area contributed by atoms with Gasteiger partial charge < -0.3 is 19.7 Å². The van der Waals surface area contributed by atoms with Crippen molar-refractivity contribution in [2.45, 2.75) is 26.3 Å². The quantitative estimate of drug-likeness (QED) is 0.229. The first-order valence-electron chi connectivity index (χ1n) is 11.1. The van der Waals surface area contributed by atoms with E-state index in [0.717, 1.165) is 74.8 Å². The van der Waals surface area contributed by atoms with Crippen LogP contribution in [0.1, 0.15) is 30.1 Å². The lowest BCUT2D eigenvalue weighted by Gasteiger charge is -2.26. The van der Waals surface area contributed by atoms with E-state index in [1.165, 1.54) is 0 Å². The number of anilines is 1. The van der Waals surface area contributed by atoms with Crippen molar-refractivity contribution in [3.63, 3.8) is 0 Å². The van der Waals surface area contributed by atoms with Crippen molar-refractivity contribution >= 4 is 29.0 Å². The fourth-order valence-corrected chi connectivity index (χ4v) is 3.77. The zero-order chi connectivity index (χ0) is 22.8. The molecule has 0 aliphatic carbocycles. The normalized spacial score (nSPS) is 15.8. The molecule has 172 valence electrons. The summed E-state index contributed by atoms with van der Waals surface area (Å²) in [4.78, 5) is 22.9. The number of aryl methyl sites for hydroxylation is 1. The molecule has 0 radical (unpaired) electrons. The van der Waals surface area contributed by atoms with Gasteiger partial charge in [-0.25, -0.2) is 4.98 Å². The van der Waals surface area contributed by atoms with Crippen LogP contribution in [-0.4, -0.2) is 77.6 Å². The zero-order valence-electron chi connectivity index (χ0n) is 18.8. The second kappa shape index (κ2) is 12.3. The number of hydrogen-bond donors (Lipinski definition) is 2. The third kappa shape index (κ3) is 6.59. The van der Waals surface area contributed by atoms with Crippen molar-refractivity contribution in [2.24, 2.45) is 4.99 Å². The van der Waals surface area contributed by atoms with Gasteiger partial charge in [-0.1, -0.05) is 12.7 Å². The van der Waals surface area contributed by atoms with E-state index in [1.807, 2.05) is 19.1 Å². The second-order valence-electron chi connectivity index (χ2n) is 7.82. The summed E-state index contributed by atoms with van der Waals surface area (Å²) in [5.41, 5.74) is 3.81. The van der Waals surface area contributed by atoms with E-state index in [0.29, 0.717) is 24.2 Å². The maximum atomic E-state index is 11.3. The predicted octanol–water partition coefficient (Wildman–Crippen LogP) is 2.90. The maximum absolute atomic E-state index is 11.3. The molecule has 0 unspecified atom stereocenters. The van der Waals surface area contributed by atoms with Crippen LogP contribution in [0.25, 0.3) is 11.0 Å². The molecule has 8 heteroatoms. The number of imidazole rings is 1. The summed E-state index contributed by atoms with van der Waals surface area (Å²) < 4.78 is 7.47. The molecular formula is C24H33N5O3. The lowest BCUT2D eigenvalue weighted by molar-refractivity contribution is 0.0378. The third-order valence-electron chi connectivity index (χ3n) is 5.45. The molecule has 0 saturated carbocycles. The van der Waals surface area contributed by atoms with Crippen LogP contribution in [0, 0.1) is 0 Å². The molecule has 0 amide bonds. The molecule has 0 atom stereocenters. The van der Waals surface area contributed by atoms with Gasteiger partial charge in [-0.05, 0) is 44.2 Å². The average Bonchev–Trinajstić information content (AvgIpc) is 3.16. The summed E-state index contributed by atoms with van der Waals surface area (Å²) in [6.07, 6.45) is 5.89. The summed E-state index contributed by atoms with van der Waals surface area (Å²) in [5, 5.41) is 13.2. The minimum atomic E-state index is -0.114. The number of fused-ring (bicyclic) bond motifs is 1. The largest absolute Gasteiger partial charge is 0.390 e. The van der Waals surface area contributed by atoms with E-state index < -0.39 is 0 Å². The highest BCUT2D eigenvalue weighted by Gasteiger charge is 2.13. The molecule has 1 aliphatic heterocycles. The number of carbonyl (C=O) groups excluding carboxylic acids is 1. The van der Waals surface area contributed by atoms with Gasteiger partial charge in [-0.2, -0.15) is 0 Å². The number of morpholine rings is 1. The highest BCUT2D eigenvalue weighted by Crippen LogP contribution is 2.22. The van der Waals surface area contributed by atoms with Crippen LogP contribution in [0.4, 0.5) is 5.95 Å². The standard InChI is InChI=1S/C24H33N5O3/c1-3-5-19(2)26-21(18-31)8-11-29-23-16-20(17-30)6-7-22(23)27-24(29)25-9-4-10-28-12-14-32-15-13-28/h3,5-7,16-17,31H,1,4,8-15,18H2,2H3,(H,25,27)/b19-5-,26-21?. The Morgan fingerprint density at radius 1 is 1.34 bits per heavy atom. The second-order valence-corrected chi connectivity index (χ2v) is 7.82. The summed E-state index contributed by atoms with van der Waals surface area (Å²) in [5.74, 6) is 0.765. The number of benzene rings is 1. The minimum Gasteiger partial charge on any atom is -0.390 e. The molecule has 0 spiro atoms. The fourth-order valence-electron chi connectivity index (χ4n) is 3.77. The van der Waals surface area contributed by atoms with Crippen LogP contribution in [0.3, 0.4) is 0 Å². The molecule has 1 saturated heterocycles. The first-order chi connectivity index (χ1) is 15.6. The van der Waals surface area contributed by atoms with Gasteiger partial charge in [-0.3, -0.25) is 14.7 Å². The van der Waals surface area contributed by atoms with Crippen LogP contribution in [0.2, 0.25) is 0 Å². The molecule has 2 heterocycles. The van der Waals surface area contributed by atoms with Crippen molar-refractivity contribution in [1.82, 2.24) is 14.5 Å². The zero-order valence-corrected chi connectivity index (χ0v) is 18.8. The Labute approximate surface area is 189 Å². The molecule has 1 fully saturated rings.